The van der Waals surface area contributed by atoms with Crippen molar-refractivity contribution in [3.63, 3.8) is 0 Å². The van der Waals surface area contributed by atoms with Crippen LogP contribution in [0.2, 0.25) is 0 Å². The fraction of sp³-hybridized carbons (Fsp3) is 0.182. The fourth-order valence-electron chi connectivity index (χ4n) is 1.10. The molecule has 0 aliphatic carbocycles. The van der Waals surface area contributed by atoms with Gasteiger partial charge in [-0.3, -0.25) is 0 Å². The molecule has 0 atom stereocenters. The predicted molar refractivity (Wildman–Crippen MR) is 54.0 cm³/mol. The van der Waals surface area contributed by atoms with E-state index in [0.29, 0.717) is 18.5 Å². The summed E-state index contributed by atoms with van der Waals surface area (Å²) < 4.78 is 13.2. The van der Waals surface area contributed by atoms with E-state index in [-0.39, 0.29) is 5.82 Å². The van der Waals surface area contributed by atoms with Crippen LogP contribution in [0.25, 0.3) is 6.08 Å². The van der Waals surface area contributed by atoms with Crippen molar-refractivity contribution in [2.75, 3.05) is 0 Å². The highest BCUT2D eigenvalue weighted by atomic mass is 19.1. The highest BCUT2D eigenvalue weighted by Gasteiger charge is 1.98. The summed E-state index contributed by atoms with van der Waals surface area (Å²) in [5.41, 5.74) is 6.76. The molecular formula is C11H12FNO. The van der Waals surface area contributed by atoms with E-state index < -0.39 is 0 Å². The quantitative estimate of drug-likeness (QED) is 0.742. The Morgan fingerprint density at radius 2 is 2.21 bits per heavy atom. The number of hydrogen-bond donors (Lipinski definition) is 1. The van der Waals surface area contributed by atoms with Gasteiger partial charge < -0.3 is 10.5 Å². The van der Waals surface area contributed by atoms with Crippen LogP contribution in [0.5, 0.6) is 0 Å². The Labute approximate surface area is 82.2 Å². The Morgan fingerprint density at radius 1 is 1.43 bits per heavy atom. The molecule has 0 aliphatic rings. The Balaban J connectivity index is 2.88. The summed E-state index contributed by atoms with van der Waals surface area (Å²) in [6.45, 7) is 0.384. The number of aldehydes is 1. The number of carbonyl (C=O) groups excluding carboxylic acids is 1. The third-order valence-electron chi connectivity index (χ3n) is 1.83. The standard InChI is InChI=1S/C11H12FNO/c12-11-5-4-9(8-13)7-10(11)3-1-2-6-14/h1,3-7H,2,8,13H2. The Morgan fingerprint density at radius 3 is 2.86 bits per heavy atom. The topological polar surface area (TPSA) is 43.1 Å². The molecule has 0 fully saturated rings. The van der Waals surface area contributed by atoms with E-state index in [1.54, 1.807) is 24.3 Å². The Bertz CT molecular complexity index is 347. The van der Waals surface area contributed by atoms with Gasteiger partial charge in [0.25, 0.3) is 0 Å². The molecule has 1 rings (SSSR count). The molecule has 14 heavy (non-hydrogen) atoms. The first kappa shape index (κ1) is 10.6. The second-order valence-electron chi connectivity index (χ2n) is 2.86. The fourth-order valence-corrected chi connectivity index (χ4v) is 1.10. The lowest BCUT2D eigenvalue weighted by atomic mass is 10.1. The van der Waals surface area contributed by atoms with Gasteiger partial charge in [0.05, 0.1) is 0 Å². The van der Waals surface area contributed by atoms with E-state index in [9.17, 15) is 9.18 Å². The Hall–Kier alpha value is -1.48. The SMILES string of the molecule is NCc1ccc(F)c(C=CCC=O)c1. The molecule has 0 saturated heterocycles. The lowest BCUT2D eigenvalue weighted by Crippen LogP contribution is -1.97. The molecule has 0 radical (unpaired) electrons. The van der Waals surface area contributed by atoms with Gasteiger partial charge in [-0.25, -0.2) is 4.39 Å². The normalized spacial score (nSPS) is 10.7. The van der Waals surface area contributed by atoms with Crippen LogP contribution in [0, 0.1) is 5.82 Å². The first-order valence-electron chi connectivity index (χ1n) is 4.36. The third kappa shape index (κ3) is 2.78. The second-order valence-corrected chi connectivity index (χ2v) is 2.86. The van der Waals surface area contributed by atoms with Crippen LogP contribution in [0.3, 0.4) is 0 Å². The van der Waals surface area contributed by atoms with Crippen molar-refractivity contribution in [3.05, 3.63) is 41.2 Å². The van der Waals surface area contributed by atoms with Gasteiger partial charge in [0.1, 0.15) is 12.1 Å². The Kier molecular flexibility index (Phi) is 4.01. The molecule has 2 nitrogen and oxygen atoms in total. The van der Waals surface area contributed by atoms with Gasteiger partial charge in [-0.05, 0) is 17.7 Å². The molecule has 0 amide bonds. The average molecular weight is 193 g/mol. The van der Waals surface area contributed by atoms with Crippen molar-refractivity contribution in [1.29, 1.82) is 0 Å². The maximum atomic E-state index is 13.2. The predicted octanol–water partition coefficient (Wildman–Crippen LogP) is 1.89. The third-order valence-corrected chi connectivity index (χ3v) is 1.83. The summed E-state index contributed by atoms with van der Waals surface area (Å²) in [7, 11) is 0. The number of rotatable bonds is 4. The highest BCUT2D eigenvalue weighted by molar-refractivity contribution is 5.58. The number of nitrogens with two attached hydrogens (primary N) is 1. The minimum absolute atomic E-state index is 0.298. The van der Waals surface area contributed by atoms with Crippen molar-refractivity contribution in [1.82, 2.24) is 0 Å². The maximum absolute atomic E-state index is 13.2. The van der Waals surface area contributed by atoms with Crippen LogP contribution in [-0.2, 0) is 11.3 Å². The van der Waals surface area contributed by atoms with Crippen LogP contribution >= 0.6 is 0 Å². The first-order chi connectivity index (χ1) is 6.77. The maximum Gasteiger partial charge on any atom is 0.130 e. The van der Waals surface area contributed by atoms with Gasteiger partial charge in [-0.2, -0.15) is 0 Å². The molecular weight excluding hydrogens is 181 g/mol. The molecule has 0 heterocycles. The molecule has 0 saturated carbocycles. The zero-order chi connectivity index (χ0) is 10.4. The molecule has 0 aromatic heterocycles. The van der Waals surface area contributed by atoms with Crippen LogP contribution in [0.4, 0.5) is 4.39 Å². The van der Waals surface area contributed by atoms with Crippen LogP contribution in [0.1, 0.15) is 17.5 Å². The molecule has 0 aliphatic heterocycles. The van der Waals surface area contributed by atoms with Gasteiger partial charge in [0.15, 0.2) is 0 Å². The van der Waals surface area contributed by atoms with Crippen LogP contribution in [-0.4, -0.2) is 6.29 Å². The zero-order valence-electron chi connectivity index (χ0n) is 7.74. The summed E-state index contributed by atoms with van der Waals surface area (Å²) in [5, 5.41) is 0. The summed E-state index contributed by atoms with van der Waals surface area (Å²) >= 11 is 0. The van der Waals surface area contributed by atoms with Crippen molar-refractivity contribution >= 4 is 12.4 Å². The van der Waals surface area contributed by atoms with Crippen LogP contribution in [0.15, 0.2) is 24.3 Å². The summed E-state index contributed by atoms with van der Waals surface area (Å²) in [6, 6.07) is 4.70. The summed E-state index contributed by atoms with van der Waals surface area (Å²) in [4.78, 5) is 10.0. The molecule has 0 spiro atoms. The number of carbonyl (C=O) groups is 1. The summed E-state index contributed by atoms with van der Waals surface area (Å²) in [6.07, 6.45) is 4.27. The molecule has 1 aromatic rings. The van der Waals surface area contributed by atoms with Gasteiger partial charge >= 0.3 is 0 Å². The zero-order valence-corrected chi connectivity index (χ0v) is 7.74. The van der Waals surface area contributed by atoms with E-state index in [0.717, 1.165) is 11.8 Å². The van der Waals surface area contributed by atoms with E-state index in [4.69, 9.17) is 5.73 Å². The van der Waals surface area contributed by atoms with Crippen molar-refractivity contribution < 1.29 is 9.18 Å². The van der Waals surface area contributed by atoms with Gasteiger partial charge in [-0.15, -0.1) is 0 Å². The molecule has 2 N–H and O–H groups in total. The number of hydrogen-bond acceptors (Lipinski definition) is 2. The largest absolute Gasteiger partial charge is 0.326 e. The second kappa shape index (κ2) is 5.29. The number of benzene rings is 1. The van der Waals surface area contributed by atoms with Gasteiger partial charge in [-0.1, -0.05) is 18.2 Å². The number of allylic oxidation sites excluding steroid dienone is 1. The smallest absolute Gasteiger partial charge is 0.130 e. The monoisotopic (exact) mass is 193 g/mol. The van der Waals surface area contributed by atoms with E-state index in [2.05, 4.69) is 0 Å². The van der Waals surface area contributed by atoms with Crippen molar-refractivity contribution in [3.8, 4) is 0 Å². The van der Waals surface area contributed by atoms with Gasteiger partial charge in [0, 0.05) is 18.5 Å². The van der Waals surface area contributed by atoms with E-state index >= 15 is 0 Å². The van der Waals surface area contributed by atoms with E-state index in [1.807, 2.05) is 0 Å². The molecule has 0 unspecified atom stereocenters. The minimum atomic E-state index is -0.302. The van der Waals surface area contributed by atoms with Crippen molar-refractivity contribution in [2.45, 2.75) is 13.0 Å². The lowest BCUT2D eigenvalue weighted by molar-refractivity contribution is -0.107. The van der Waals surface area contributed by atoms with Crippen molar-refractivity contribution in [2.24, 2.45) is 5.73 Å². The average Bonchev–Trinajstić information content (AvgIpc) is 2.21. The van der Waals surface area contributed by atoms with E-state index in [1.165, 1.54) is 6.07 Å². The van der Waals surface area contributed by atoms with Gasteiger partial charge in [0.2, 0.25) is 0 Å². The lowest BCUT2D eigenvalue weighted by Gasteiger charge is -2.00. The van der Waals surface area contributed by atoms with Crippen LogP contribution < -0.4 is 5.73 Å². The summed E-state index contributed by atoms with van der Waals surface area (Å²) in [5.74, 6) is -0.302. The molecule has 3 heteroatoms. The molecule has 0 bridgehead atoms. The first-order valence-corrected chi connectivity index (χ1v) is 4.36. The highest BCUT2D eigenvalue weighted by Crippen LogP contribution is 2.12. The molecule has 74 valence electrons. The number of halogens is 1. The molecule has 1 aromatic carbocycles. The minimum Gasteiger partial charge on any atom is -0.326 e.